The van der Waals surface area contributed by atoms with Crippen LogP contribution in [0.3, 0.4) is 0 Å². The molecule has 0 aromatic carbocycles. The fourth-order valence-corrected chi connectivity index (χ4v) is 11.5. The van der Waals surface area contributed by atoms with E-state index < -0.39 is 26.5 Å². The third kappa shape index (κ3) is 77.2. The molecule has 0 aliphatic heterocycles. The molecule has 10 heteroatoms. The summed E-state index contributed by atoms with van der Waals surface area (Å²) in [5.41, 5.74) is 0. The molecule has 0 radical (unpaired) electrons. The first-order valence-electron chi connectivity index (χ1n) is 38.9. The van der Waals surface area contributed by atoms with Crippen molar-refractivity contribution in [1.29, 1.82) is 0 Å². The number of allylic oxidation sites excluding steroid dienone is 22. The Bertz CT molecular complexity index is 2050. The van der Waals surface area contributed by atoms with Gasteiger partial charge in [-0.05, 0) is 109 Å². The number of esters is 2. The summed E-state index contributed by atoms with van der Waals surface area (Å²) in [4.78, 5) is 35.9. The lowest BCUT2D eigenvalue weighted by atomic mass is 10.0. The van der Waals surface area contributed by atoms with Crippen LogP contribution in [0, 0.1) is 0 Å². The lowest BCUT2D eigenvalue weighted by Gasteiger charge is -2.24. The Morgan fingerprint density at radius 2 is 0.617 bits per heavy atom. The molecule has 94 heavy (non-hydrogen) atoms. The lowest BCUT2D eigenvalue weighted by molar-refractivity contribution is -0.870. The van der Waals surface area contributed by atoms with Gasteiger partial charge in [-0.1, -0.05) is 347 Å². The topological polar surface area (TPSA) is 108 Å². The van der Waals surface area contributed by atoms with Crippen LogP contribution in [0.1, 0.15) is 335 Å². The minimum atomic E-state index is -4.42. The Balaban J connectivity index is 4.01. The van der Waals surface area contributed by atoms with Crippen molar-refractivity contribution in [2.75, 3.05) is 47.5 Å². The smallest absolute Gasteiger partial charge is 0.462 e. The van der Waals surface area contributed by atoms with E-state index in [2.05, 4.69) is 148 Å². The Morgan fingerprint density at radius 1 is 0.340 bits per heavy atom. The molecule has 0 amide bonds. The lowest BCUT2D eigenvalue weighted by Crippen LogP contribution is -2.37. The summed E-state index contributed by atoms with van der Waals surface area (Å²) in [7, 11) is 1.43. The fraction of sp³-hybridized carbons (Fsp3) is 0.714. The van der Waals surface area contributed by atoms with Gasteiger partial charge in [0.1, 0.15) is 19.8 Å². The number of nitrogens with zero attached hydrogens (tertiary/aromatic N) is 1. The summed E-state index contributed by atoms with van der Waals surface area (Å²) >= 11 is 0. The van der Waals surface area contributed by atoms with Crippen LogP contribution in [0.15, 0.2) is 134 Å². The Hall–Kier alpha value is -3.85. The van der Waals surface area contributed by atoms with Gasteiger partial charge in [-0.25, -0.2) is 4.57 Å². The molecule has 0 aromatic rings. The summed E-state index contributed by atoms with van der Waals surface area (Å²) < 4.78 is 34.7. The molecule has 0 saturated heterocycles. The molecule has 0 bridgehead atoms. The summed E-state index contributed by atoms with van der Waals surface area (Å²) in [6, 6.07) is 0. The molecule has 540 valence electrons. The van der Waals surface area contributed by atoms with Gasteiger partial charge in [0.15, 0.2) is 6.10 Å². The molecule has 0 aromatic heterocycles. The van der Waals surface area contributed by atoms with Crippen molar-refractivity contribution in [3.8, 4) is 0 Å². The highest BCUT2D eigenvalue weighted by atomic mass is 31.2. The maximum absolute atomic E-state index is 12.9. The predicted octanol–water partition coefficient (Wildman–Crippen LogP) is 25.9. The van der Waals surface area contributed by atoms with Gasteiger partial charge in [0.2, 0.25) is 0 Å². The number of hydrogen-bond donors (Lipinski definition) is 1. The zero-order valence-corrected chi connectivity index (χ0v) is 62.6. The summed E-state index contributed by atoms with van der Waals surface area (Å²) in [6.07, 6.45) is 108. The zero-order valence-electron chi connectivity index (χ0n) is 61.7. The van der Waals surface area contributed by atoms with Crippen molar-refractivity contribution in [3.05, 3.63) is 134 Å². The number of likely N-dealkylation sites (N-methyl/N-ethyl adjacent to an activating group) is 1. The molecular weight excluding hydrogens is 1180 g/mol. The number of hydrogen-bond acceptors (Lipinski definition) is 7. The van der Waals surface area contributed by atoms with Crippen molar-refractivity contribution in [2.45, 2.75) is 341 Å². The first kappa shape index (κ1) is 90.2. The van der Waals surface area contributed by atoms with Crippen molar-refractivity contribution in [3.63, 3.8) is 0 Å². The first-order valence-corrected chi connectivity index (χ1v) is 40.4. The average Bonchev–Trinajstić information content (AvgIpc) is 1.65. The van der Waals surface area contributed by atoms with Crippen LogP contribution < -0.4 is 0 Å². The van der Waals surface area contributed by atoms with Gasteiger partial charge < -0.3 is 18.9 Å². The van der Waals surface area contributed by atoms with Crippen molar-refractivity contribution in [1.82, 2.24) is 0 Å². The first-order chi connectivity index (χ1) is 46.0. The number of ether oxygens (including phenoxy) is 2. The maximum Gasteiger partial charge on any atom is 0.472 e. The molecule has 2 atom stereocenters. The van der Waals surface area contributed by atoms with Crippen LogP contribution in [0.2, 0.25) is 0 Å². The summed E-state index contributed by atoms with van der Waals surface area (Å²) in [5.74, 6) is -0.864. The zero-order chi connectivity index (χ0) is 68.3. The number of carbonyl (C=O) groups is 2. The van der Waals surface area contributed by atoms with Crippen LogP contribution in [-0.4, -0.2) is 74.9 Å². The molecule has 0 aliphatic rings. The number of quaternary nitrogens is 1. The molecule has 9 nitrogen and oxygen atoms in total. The second kappa shape index (κ2) is 73.4. The molecule has 1 N–H and O–H groups in total. The van der Waals surface area contributed by atoms with Gasteiger partial charge in [0.25, 0.3) is 0 Å². The molecule has 2 unspecified atom stereocenters. The van der Waals surface area contributed by atoms with E-state index in [0.717, 1.165) is 83.5 Å². The number of rotatable bonds is 71. The fourth-order valence-electron chi connectivity index (χ4n) is 10.8. The second-order valence-electron chi connectivity index (χ2n) is 27.0. The van der Waals surface area contributed by atoms with Gasteiger partial charge >= 0.3 is 19.8 Å². The highest BCUT2D eigenvalue weighted by Gasteiger charge is 2.27. The molecular formula is C84H147NO8P+. The van der Waals surface area contributed by atoms with Gasteiger partial charge in [-0.3, -0.25) is 18.6 Å². The molecule has 0 aliphatic carbocycles. The molecule has 0 heterocycles. The van der Waals surface area contributed by atoms with Gasteiger partial charge in [-0.2, -0.15) is 0 Å². The Morgan fingerprint density at radius 3 is 0.936 bits per heavy atom. The summed E-state index contributed by atoms with van der Waals surface area (Å²) in [5, 5.41) is 0. The number of phosphoric acid groups is 1. The Kier molecular flexibility index (Phi) is 70.4. The van der Waals surface area contributed by atoms with Crippen LogP contribution in [0.5, 0.6) is 0 Å². The van der Waals surface area contributed by atoms with Gasteiger partial charge in [0.05, 0.1) is 27.7 Å². The third-order valence-electron chi connectivity index (χ3n) is 16.7. The van der Waals surface area contributed by atoms with Crippen LogP contribution in [0.4, 0.5) is 0 Å². The highest BCUT2D eigenvalue weighted by Crippen LogP contribution is 2.43. The van der Waals surface area contributed by atoms with Crippen molar-refractivity contribution in [2.24, 2.45) is 0 Å². The summed E-state index contributed by atoms with van der Waals surface area (Å²) in [6.45, 7) is 4.26. The standard InChI is InChI=1S/C84H146NO8P/c1-6-8-10-12-14-16-18-20-22-24-26-28-30-32-34-36-37-38-39-40-41-42-43-44-45-46-47-49-50-52-54-56-58-60-62-64-66-68-70-72-74-76-83(86)90-80-82(81-92-94(88,89)91-79-78-85(3,4)5)93-84(87)77-75-73-71-69-67-65-63-61-59-57-55-53-51-48-35-33-31-29-27-25-23-21-19-17-15-13-11-9-7-2/h9,11,15,17-18,20-21,23-24,26-27,29,33,35,51,53,57,59,63,65,69,71,82H,6-8,10,12-14,16,19,22,25,28,30-32,34,36-50,52,54-56,58,60-62,64,66-68,70,72-81H2,1-5H3/p+1/b11-9-,17-15-,20-18-,23-21-,26-24-,29-27-,35-33-,53-51-,59-57-,65-63-,71-69-. The predicted molar refractivity (Wildman–Crippen MR) is 408 cm³/mol. The van der Waals surface area contributed by atoms with E-state index in [-0.39, 0.29) is 32.0 Å². The minimum absolute atomic E-state index is 0.0154. The van der Waals surface area contributed by atoms with E-state index in [0.29, 0.717) is 23.9 Å². The normalized spacial score (nSPS) is 13.8. The number of unbranched alkanes of at least 4 members (excludes halogenated alkanes) is 35. The van der Waals surface area contributed by atoms with E-state index in [1.807, 2.05) is 21.1 Å². The third-order valence-corrected chi connectivity index (χ3v) is 17.6. The SMILES string of the molecule is CC/C=C\C/C=C\C/C=C\C/C=C\C/C=C\C/C=C\C/C=C\C/C=C\C/C=C\CCCC(=O)OC(COC(=O)CCCCCCCCCCCCCCCCCCCCCCCCCCCCCCC/C=C\C/C=C\CCCCCCC)COP(=O)(O)OCC[N+](C)(C)C. The van der Waals surface area contributed by atoms with Gasteiger partial charge in [-0.15, -0.1) is 0 Å². The molecule has 0 rings (SSSR count). The van der Waals surface area contributed by atoms with E-state index in [9.17, 15) is 19.0 Å². The highest BCUT2D eigenvalue weighted by molar-refractivity contribution is 7.47. The van der Waals surface area contributed by atoms with Crippen LogP contribution >= 0.6 is 7.82 Å². The average molecular weight is 1330 g/mol. The van der Waals surface area contributed by atoms with E-state index in [4.69, 9.17) is 18.5 Å². The van der Waals surface area contributed by atoms with Crippen LogP contribution in [0.25, 0.3) is 0 Å². The number of phosphoric ester groups is 1. The Labute approximate surface area is 581 Å². The van der Waals surface area contributed by atoms with E-state index >= 15 is 0 Å². The minimum Gasteiger partial charge on any atom is -0.462 e. The monoisotopic (exact) mass is 1330 g/mol. The molecule has 0 spiro atoms. The quantitative estimate of drug-likeness (QED) is 0.0211. The second-order valence-corrected chi connectivity index (χ2v) is 28.5. The number of carbonyl (C=O) groups excluding carboxylic acids is 2. The maximum atomic E-state index is 12.9. The van der Waals surface area contributed by atoms with Gasteiger partial charge in [0, 0.05) is 12.8 Å². The van der Waals surface area contributed by atoms with E-state index in [1.165, 1.54) is 212 Å². The largest absolute Gasteiger partial charge is 0.472 e. The molecule has 0 fully saturated rings. The van der Waals surface area contributed by atoms with Crippen LogP contribution in [-0.2, 0) is 32.7 Å². The van der Waals surface area contributed by atoms with Crippen molar-refractivity contribution >= 4 is 19.8 Å². The van der Waals surface area contributed by atoms with E-state index in [1.54, 1.807) is 0 Å². The van der Waals surface area contributed by atoms with Crippen molar-refractivity contribution < 1.29 is 42.1 Å². The molecule has 0 saturated carbocycles.